The quantitative estimate of drug-likeness (QED) is 0.597. The third kappa shape index (κ3) is 6.40. The first-order chi connectivity index (χ1) is 15.5. The second-order valence-corrected chi connectivity index (χ2v) is 9.01. The van der Waals surface area contributed by atoms with Crippen LogP contribution in [0.5, 0.6) is 0 Å². The number of rotatable bonds is 9. The molecule has 8 nitrogen and oxygen atoms in total. The van der Waals surface area contributed by atoms with Crippen LogP contribution in [0.4, 0.5) is 4.79 Å². The lowest BCUT2D eigenvalue weighted by Crippen LogP contribution is -2.51. The van der Waals surface area contributed by atoms with Crippen LogP contribution in [0.2, 0.25) is 0 Å². The molecule has 0 aliphatic carbocycles. The van der Waals surface area contributed by atoms with Crippen molar-refractivity contribution in [1.29, 1.82) is 0 Å². The summed E-state index contributed by atoms with van der Waals surface area (Å²) < 4.78 is 17.7. The van der Waals surface area contributed by atoms with Crippen molar-refractivity contribution in [2.45, 2.75) is 42.8 Å². The van der Waals surface area contributed by atoms with Gasteiger partial charge in [0.1, 0.15) is 18.7 Å². The summed E-state index contributed by atoms with van der Waals surface area (Å²) >= 11 is 0. The van der Waals surface area contributed by atoms with Crippen molar-refractivity contribution in [1.82, 2.24) is 10.2 Å². The Balaban J connectivity index is 1.54. The zero-order valence-corrected chi connectivity index (χ0v) is 18.3. The smallest absolute Gasteiger partial charge is 0.410 e. The number of ether oxygens (including phenoxy) is 1. The fourth-order valence-electron chi connectivity index (χ4n) is 3.50. The summed E-state index contributed by atoms with van der Waals surface area (Å²) in [6, 6.07) is 16.0. The molecule has 2 N–H and O–H groups in total. The Kier molecular flexibility index (Phi) is 8.38. The Labute approximate surface area is 189 Å². The Morgan fingerprint density at radius 2 is 1.75 bits per heavy atom. The molecule has 3 rings (SSSR count). The van der Waals surface area contributed by atoms with Gasteiger partial charge in [-0.05, 0) is 37.0 Å². The molecule has 2 aromatic rings. The number of carboxylic acid groups (broad SMARTS) is 1. The lowest BCUT2D eigenvalue weighted by molar-refractivity contribution is -0.142. The number of amides is 2. The van der Waals surface area contributed by atoms with Gasteiger partial charge in [-0.1, -0.05) is 48.5 Å². The molecule has 3 atom stereocenters. The van der Waals surface area contributed by atoms with Gasteiger partial charge in [0, 0.05) is 17.2 Å². The van der Waals surface area contributed by atoms with Crippen LogP contribution in [0, 0.1) is 0 Å². The number of benzene rings is 2. The minimum atomic E-state index is -1.37. The molecule has 0 spiro atoms. The van der Waals surface area contributed by atoms with Crippen molar-refractivity contribution in [2.24, 2.45) is 0 Å². The van der Waals surface area contributed by atoms with Crippen LogP contribution >= 0.6 is 0 Å². The summed E-state index contributed by atoms with van der Waals surface area (Å²) in [5, 5.41) is 12.0. The number of hydrogen-bond donors (Lipinski definition) is 2. The first kappa shape index (κ1) is 23.5. The van der Waals surface area contributed by atoms with E-state index in [0.29, 0.717) is 24.3 Å². The summed E-state index contributed by atoms with van der Waals surface area (Å²) in [6.45, 7) is 0.453. The van der Waals surface area contributed by atoms with Crippen LogP contribution in [0.3, 0.4) is 0 Å². The molecule has 0 bridgehead atoms. The maximum atomic E-state index is 12.8. The Bertz CT molecular complexity index is 953. The van der Waals surface area contributed by atoms with E-state index in [9.17, 15) is 23.7 Å². The number of nitrogens with one attached hydrogen (secondary N) is 1. The van der Waals surface area contributed by atoms with E-state index in [1.54, 1.807) is 30.3 Å². The van der Waals surface area contributed by atoms with Gasteiger partial charge in [-0.25, -0.2) is 9.59 Å². The number of aliphatic carboxylic acids is 1. The van der Waals surface area contributed by atoms with Crippen molar-refractivity contribution < 1.29 is 28.4 Å². The number of nitrogens with zero attached hydrogens (tertiary/aromatic N) is 1. The zero-order valence-electron chi connectivity index (χ0n) is 17.5. The maximum absolute atomic E-state index is 12.8. The normalized spacial score (nSPS) is 17.4. The van der Waals surface area contributed by atoms with Gasteiger partial charge in [0.25, 0.3) is 0 Å². The molecule has 32 heavy (non-hydrogen) atoms. The first-order valence-corrected chi connectivity index (χ1v) is 11.7. The molecule has 2 aromatic carbocycles. The Morgan fingerprint density at radius 3 is 2.41 bits per heavy atom. The Hall–Kier alpha value is -3.20. The van der Waals surface area contributed by atoms with Gasteiger partial charge in [0.2, 0.25) is 5.91 Å². The van der Waals surface area contributed by atoms with Crippen LogP contribution in [-0.2, 0) is 31.7 Å². The molecule has 1 heterocycles. The molecule has 0 unspecified atom stereocenters. The van der Waals surface area contributed by atoms with E-state index in [4.69, 9.17) is 4.74 Å². The van der Waals surface area contributed by atoms with Crippen molar-refractivity contribution in [3.8, 4) is 0 Å². The van der Waals surface area contributed by atoms with Crippen LogP contribution < -0.4 is 5.32 Å². The first-order valence-electron chi connectivity index (χ1n) is 10.4. The second kappa shape index (κ2) is 11.4. The van der Waals surface area contributed by atoms with E-state index < -0.39 is 40.9 Å². The molecule has 170 valence electrons. The van der Waals surface area contributed by atoms with Crippen LogP contribution in [0.1, 0.15) is 24.8 Å². The molecular formula is C23H26N2O6S. The summed E-state index contributed by atoms with van der Waals surface area (Å²) in [7, 11) is -1.37. The van der Waals surface area contributed by atoms with Gasteiger partial charge in [-0.3, -0.25) is 13.9 Å². The summed E-state index contributed by atoms with van der Waals surface area (Å²) in [4.78, 5) is 38.8. The van der Waals surface area contributed by atoms with E-state index in [0.717, 1.165) is 5.56 Å². The second-order valence-electron chi connectivity index (χ2n) is 7.44. The minimum absolute atomic E-state index is 0.00769. The maximum Gasteiger partial charge on any atom is 0.410 e. The van der Waals surface area contributed by atoms with E-state index in [2.05, 4.69) is 5.32 Å². The standard InChI is InChI=1S/C23H26N2O6S/c26-21(24-19(22(27)28)13-15-32(30)18-10-5-2-6-11-18)20-12-7-14-25(20)23(29)31-16-17-8-3-1-4-9-17/h1-6,8-11,19-20H,7,12-16H2,(H,24,26)(H,27,28)/t19-,20-,32+/m1/s1. The van der Waals surface area contributed by atoms with Crippen molar-refractivity contribution in [3.63, 3.8) is 0 Å². The van der Waals surface area contributed by atoms with Gasteiger partial charge < -0.3 is 15.2 Å². The topological polar surface area (TPSA) is 113 Å². The van der Waals surface area contributed by atoms with Crippen molar-refractivity contribution >= 4 is 28.8 Å². The lowest BCUT2D eigenvalue weighted by Gasteiger charge is -2.25. The predicted octanol–water partition coefficient (Wildman–Crippen LogP) is 2.55. The third-order valence-electron chi connectivity index (χ3n) is 5.21. The highest BCUT2D eigenvalue weighted by atomic mass is 32.2. The van der Waals surface area contributed by atoms with Crippen molar-refractivity contribution in [3.05, 3.63) is 66.2 Å². The highest BCUT2D eigenvalue weighted by Crippen LogP contribution is 2.19. The minimum Gasteiger partial charge on any atom is -0.480 e. The molecule has 0 saturated carbocycles. The van der Waals surface area contributed by atoms with Gasteiger partial charge in [0.15, 0.2) is 0 Å². The largest absolute Gasteiger partial charge is 0.480 e. The monoisotopic (exact) mass is 458 g/mol. The van der Waals surface area contributed by atoms with E-state index >= 15 is 0 Å². The number of carbonyl (C=O) groups excluding carboxylic acids is 2. The Morgan fingerprint density at radius 1 is 1.09 bits per heavy atom. The average Bonchev–Trinajstić information content (AvgIpc) is 3.31. The number of carbonyl (C=O) groups is 3. The van der Waals surface area contributed by atoms with E-state index in [1.807, 2.05) is 30.3 Å². The van der Waals surface area contributed by atoms with E-state index in [-0.39, 0.29) is 18.8 Å². The van der Waals surface area contributed by atoms with E-state index in [1.165, 1.54) is 4.90 Å². The molecule has 1 saturated heterocycles. The molecule has 1 aliphatic heterocycles. The number of hydrogen-bond acceptors (Lipinski definition) is 5. The zero-order chi connectivity index (χ0) is 22.9. The third-order valence-corrected chi connectivity index (χ3v) is 6.61. The summed E-state index contributed by atoms with van der Waals surface area (Å²) in [5.41, 5.74) is 0.832. The molecule has 0 radical (unpaired) electrons. The van der Waals surface area contributed by atoms with Crippen LogP contribution in [0.15, 0.2) is 65.6 Å². The molecule has 0 aromatic heterocycles. The van der Waals surface area contributed by atoms with Gasteiger partial charge >= 0.3 is 12.1 Å². The highest BCUT2D eigenvalue weighted by Gasteiger charge is 2.36. The molecule has 2 amide bonds. The molecule has 1 fully saturated rings. The van der Waals surface area contributed by atoms with Gasteiger partial charge in [-0.2, -0.15) is 0 Å². The molecule has 1 aliphatic rings. The van der Waals surface area contributed by atoms with Gasteiger partial charge in [0.05, 0.1) is 10.8 Å². The van der Waals surface area contributed by atoms with Crippen LogP contribution in [-0.4, -0.2) is 56.6 Å². The molecule has 9 heteroatoms. The predicted molar refractivity (Wildman–Crippen MR) is 118 cm³/mol. The highest BCUT2D eigenvalue weighted by molar-refractivity contribution is 7.85. The summed E-state index contributed by atoms with van der Waals surface area (Å²) in [5.74, 6) is -1.66. The fraction of sp³-hybridized carbons (Fsp3) is 0.348. The fourth-order valence-corrected chi connectivity index (χ4v) is 4.65. The number of likely N-dealkylation sites (tertiary alicyclic amines) is 1. The summed E-state index contributed by atoms with van der Waals surface area (Å²) in [6.07, 6.45) is 0.444. The lowest BCUT2D eigenvalue weighted by atomic mass is 10.1. The number of carboxylic acids is 1. The van der Waals surface area contributed by atoms with Crippen LogP contribution in [0.25, 0.3) is 0 Å². The van der Waals surface area contributed by atoms with Crippen molar-refractivity contribution in [2.75, 3.05) is 12.3 Å². The SMILES string of the molecule is O=C(N[C@H](CC[S@](=O)c1ccccc1)C(=O)O)[C@H]1CCCN1C(=O)OCc1ccccc1. The molecular weight excluding hydrogens is 432 g/mol. The average molecular weight is 459 g/mol. The van der Waals surface area contributed by atoms with Gasteiger partial charge in [-0.15, -0.1) is 0 Å².